The lowest BCUT2D eigenvalue weighted by Crippen LogP contribution is -2.38. The highest BCUT2D eigenvalue weighted by molar-refractivity contribution is 5.87. The zero-order valence-electron chi connectivity index (χ0n) is 14.0. The van der Waals surface area contributed by atoms with E-state index in [1.807, 2.05) is 6.92 Å². The van der Waals surface area contributed by atoms with E-state index in [2.05, 4.69) is 25.8 Å². The van der Waals surface area contributed by atoms with Gasteiger partial charge in [-0.1, -0.05) is 5.16 Å². The number of carbonyl (C=O) groups excluding carboxylic acids is 1. The van der Waals surface area contributed by atoms with E-state index in [9.17, 15) is 4.79 Å². The minimum Gasteiger partial charge on any atom is -0.428 e. The van der Waals surface area contributed by atoms with Crippen LogP contribution in [0.25, 0.3) is 0 Å². The zero-order chi connectivity index (χ0) is 17.1. The Morgan fingerprint density at radius 2 is 1.96 bits per heavy atom. The molecule has 0 saturated carbocycles. The van der Waals surface area contributed by atoms with Crippen LogP contribution in [-0.2, 0) is 4.74 Å². The molecule has 3 rings (SSSR count). The molecule has 0 radical (unpaired) electrons. The van der Waals surface area contributed by atoms with Crippen LogP contribution in [-0.4, -0.2) is 34.4 Å². The van der Waals surface area contributed by atoms with Gasteiger partial charge in [-0.05, 0) is 39.5 Å². The van der Waals surface area contributed by atoms with Crippen LogP contribution >= 0.6 is 0 Å². The van der Waals surface area contributed by atoms with Crippen LogP contribution in [0.5, 0.6) is 0 Å². The Bertz CT molecular complexity index is 685. The molecule has 0 bridgehead atoms. The monoisotopic (exact) mass is 335 g/mol. The fourth-order valence-corrected chi connectivity index (χ4v) is 2.67. The number of ether oxygens (including phenoxy) is 1. The number of oxazole rings is 1. The summed E-state index contributed by atoms with van der Waals surface area (Å²) in [6.07, 6.45) is 1.62. The van der Waals surface area contributed by atoms with Crippen LogP contribution in [0, 0.1) is 26.7 Å². The first-order valence-electron chi connectivity index (χ1n) is 7.92. The molecule has 1 aliphatic heterocycles. The predicted octanol–water partition coefficient (Wildman–Crippen LogP) is 2.27. The van der Waals surface area contributed by atoms with Gasteiger partial charge in [-0.15, -0.1) is 0 Å². The fourth-order valence-electron chi connectivity index (χ4n) is 2.67. The molecule has 2 amide bonds. The number of amides is 2. The van der Waals surface area contributed by atoms with Gasteiger partial charge in [-0.3, -0.25) is 5.32 Å². The second-order valence-electron chi connectivity index (χ2n) is 5.87. The van der Waals surface area contributed by atoms with E-state index in [1.165, 1.54) is 0 Å². The third-order valence-corrected chi connectivity index (χ3v) is 4.08. The summed E-state index contributed by atoms with van der Waals surface area (Å²) in [5.41, 5.74) is 0.735. The molecule has 2 N–H and O–H groups in total. The van der Waals surface area contributed by atoms with Crippen molar-refractivity contribution in [3.05, 3.63) is 23.2 Å². The molecule has 0 aromatic carbocycles. The Morgan fingerprint density at radius 3 is 2.54 bits per heavy atom. The van der Waals surface area contributed by atoms with Crippen LogP contribution in [0.4, 0.5) is 10.8 Å². The van der Waals surface area contributed by atoms with Crippen LogP contribution in [0.2, 0.25) is 0 Å². The molecule has 2 aromatic rings. The normalized spacial score (nSPS) is 16.8. The average molecular weight is 335 g/mol. The van der Waals surface area contributed by atoms with E-state index in [4.69, 9.17) is 13.7 Å². The number of urea groups is 1. The number of nitrogens with zero attached hydrogens (tertiary/aromatic N) is 3. The molecule has 1 aliphatic rings. The van der Waals surface area contributed by atoms with E-state index in [0.717, 1.165) is 18.5 Å². The third-order valence-electron chi connectivity index (χ3n) is 4.08. The lowest BCUT2D eigenvalue weighted by atomic mass is 9.91. The fraction of sp³-hybridized carbons (Fsp3) is 0.600. The predicted molar refractivity (Wildman–Crippen MR) is 83.5 cm³/mol. The van der Waals surface area contributed by atoms with Gasteiger partial charge in [0.15, 0.2) is 5.82 Å². The SMILES string of the molecule is Cc1noc(C(NC(=O)Nc2nc(C)c(C)o2)C2CCOCC2)n1. The van der Waals surface area contributed by atoms with Crippen LogP contribution in [0.3, 0.4) is 0 Å². The van der Waals surface area contributed by atoms with Gasteiger partial charge in [0.2, 0.25) is 5.89 Å². The van der Waals surface area contributed by atoms with Gasteiger partial charge < -0.3 is 19.0 Å². The highest BCUT2D eigenvalue weighted by atomic mass is 16.5. The molecular formula is C15H21N5O4. The van der Waals surface area contributed by atoms with Crippen molar-refractivity contribution >= 4 is 12.0 Å². The number of rotatable bonds is 4. The summed E-state index contributed by atoms with van der Waals surface area (Å²) in [5.74, 6) is 1.76. The molecule has 9 nitrogen and oxygen atoms in total. The molecule has 130 valence electrons. The molecule has 24 heavy (non-hydrogen) atoms. The number of carbonyl (C=O) groups is 1. The number of hydrogen-bond donors (Lipinski definition) is 2. The first kappa shape index (κ1) is 16.4. The third kappa shape index (κ3) is 3.73. The summed E-state index contributed by atoms with van der Waals surface area (Å²) in [5, 5.41) is 9.31. The molecule has 1 atom stereocenters. The number of anilines is 1. The Hall–Kier alpha value is -2.42. The average Bonchev–Trinajstić information content (AvgIpc) is 3.12. The summed E-state index contributed by atoms with van der Waals surface area (Å²) in [6.45, 7) is 6.64. The van der Waals surface area contributed by atoms with Gasteiger partial charge in [0.05, 0.1) is 5.69 Å². The van der Waals surface area contributed by atoms with Crippen LogP contribution < -0.4 is 10.6 Å². The first-order valence-corrected chi connectivity index (χ1v) is 7.92. The Morgan fingerprint density at radius 1 is 1.21 bits per heavy atom. The Labute approximate surface area is 139 Å². The summed E-state index contributed by atoms with van der Waals surface area (Å²) < 4.78 is 16.0. The molecule has 0 aliphatic carbocycles. The quantitative estimate of drug-likeness (QED) is 0.880. The first-order chi connectivity index (χ1) is 11.5. The molecular weight excluding hydrogens is 314 g/mol. The van der Waals surface area contributed by atoms with Crippen molar-refractivity contribution in [2.45, 2.75) is 39.7 Å². The van der Waals surface area contributed by atoms with Crippen molar-refractivity contribution in [1.29, 1.82) is 0 Å². The van der Waals surface area contributed by atoms with Gasteiger partial charge in [0, 0.05) is 13.2 Å². The largest absolute Gasteiger partial charge is 0.428 e. The highest BCUT2D eigenvalue weighted by Gasteiger charge is 2.31. The molecule has 3 heterocycles. The van der Waals surface area contributed by atoms with Crippen LogP contribution in [0.15, 0.2) is 8.94 Å². The van der Waals surface area contributed by atoms with Crippen molar-refractivity contribution in [3.8, 4) is 0 Å². The lowest BCUT2D eigenvalue weighted by molar-refractivity contribution is 0.0506. The van der Waals surface area contributed by atoms with E-state index < -0.39 is 6.03 Å². The minimum absolute atomic E-state index is 0.162. The maximum atomic E-state index is 12.3. The molecule has 1 fully saturated rings. The van der Waals surface area contributed by atoms with Crippen molar-refractivity contribution in [3.63, 3.8) is 0 Å². The molecule has 2 aromatic heterocycles. The summed E-state index contributed by atoms with van der Waals surface area (Å²) in [7, 11) is 0. The molecule has 1 saturated heterocycles. The number of nitrogens with one attached hydrogen (secondary N) is 2. The van der Waals surface area contributed by atoms with Gasteiger partial charge >= 0.3 is 12.0 Å². The smallest absolute Gasteiger partial charge is 0.323 e. The van der Waals surface area contributed by atoms with E-state index in [1.54, 1.807) is 13.8 Å². The van der Waals surface area contributed by atoms with E-state index in [0.29, 0.717) is 30.7 Å². The number of aryl methyl sites for hydroxylation is 3. The van der Waals surface area contributed by atoms with Crippen molar-refractivity contribution in [1.82, 2.24) is 20.4 Å². The van der Waals surface area contributed by atoms with Gasteiger partial charge in [0.1, 0.15) is 11.8 Å². The maximum absolute atomic E-state index is 12.3. The van der Waals surface area contributed by atoms with Crippen LogP contribution in [0.1, 0.15) is 42.1 Å². The Kier molecular flexibility index (Phi) is 4.79. The number of aromatic nitrogens is 3. The summed E-state index contributed by atoms with van der Waals surface area (Å²) in [6, 6.07) is -0.647. The molecule has 9 heteroatoms. The van der Waals surface area contributed by atoms with Crippen molar-refractivity contribution in [2.75, 3.05) is 18.5 Å². The van der Waals surface area contributed by atoms with Crippen molar-refractivity contribution in [2.24, 2.45) is 5.92 Å². The number of hydrogen-bond acceptors (Lipinski definition) is 7. The minimum atomic E-state index is -0.427. The summed E-state index contributed by atoms with van der Waals surface area (Å²) in [4.78, 5) is 20.7. The van der Waals surface area contributed by atoms with E-state index >= 15 is 0 Å². The maximum Gasteiger partial charge on any atom is 0.323 e. The highest BCUT2D eigenvalue weighted by Crippen LogP contribution is 2.29. The standard InChI is InChI=1S/C15H21N5O4/c1-8-9(2)23-15(16-8)19-14(21)18-12(11-4-6-22-7-5-11)13-17-10(3)20-24-13/h11-12H,4-7H2,1-3H3,(H2,16,18,19,21). The lowest BCUT2D eigenvalue weighted by Gasteiger charge is -2.28. The second kappa shape index (κ2) is 7.00. The van der Waals surface area contributed by atoms with Crippen molar-refractivity contribution < 1.29 is 18.5 Å². The topological polar surface area (TPSA) is 115 Å². The zero-order valence-corrected chi connectivity index (χ0v) is 14.0. The van der Waals surface area contributed by atoms with Gasteiger partial charge in [-0.2, -0.15) is 9.97 Å². The second-order valence-corrected chi connectivity index (χ2v) is 5.87. The van der Waals surface area contributed by atoms with E-state index in [-0.39, 0.29) is 18.0 Å². The van der Waals surface area contributed by atoms with Gasteiger partial charge in [0.25, 0.3) is 0 Å². The molecule has 1 unspecified atom stereocenters. The molecule has 0 spiro atoms. The summed E-state index contributed by atoms with van der Waals surface area (Å²) >= 11 is 0. The van der Waals surface area contributed by atoms with Gasteiger partial charge in [-0.25, -0.2) is 4.79 Å². The Balaban J connectivity index is 1.71.